The molecule has 0 spiro atoms. The van der Waals surface area contributed by atoms with Crippen LogP contribution < -0.4 is 5.32 Å². The minimum Gasteiger partial charge on any atom is -0.310 e. The topological polar surface area (TPSA) is 29.9 Å². The molecule has 1 unspecified atom stereocenters. The molecule has 84 valence electrons. The number of aryl methyl sites for hydroxylation is 1. The zero-order valence-electron chi connectivity index (χ0n) is 10.2. The molecule has 15 heavy (non-hydrogen) atoms. The lowest BCUT2D eigenvalue weighted by Crippen LogP contribution is -2.33. The van der Waals surface area contributed by atoms with Crippen molar-refractivity contribution in [2.24, 2.45) is 12.5 Å². The lowest BCUT2D eigenvalue weighted by molar-refractivity contribution is 0.254. The number of nitrogens with one attached hydrogen (secondary N) is 1. The second kappa shape index (κ2) is 3.63. The molecule has 3 heteroatoms. The van der Waals surface area contributed by atoms with Gasteiger partial charge in [0.25, 0.3) is 0 Å². The van der Waals surface area contributed by atoms with E-state index in [9.17, 15) is 0 Å². The molecule has 0 fully saturated rings. The predicted octanol–water partition coefficient (Wildman–Crippen LogP) is 2.04. The molecule has 0 radical (unpaired) electrons. The van der Waals surface area contributed by atoms with Crippen LogP contribution in [-0.4, -0.2) is 16.3 Å². The lowest BCUT2D eigenvalue weighted by Gasteiger charge is -2.35. The van der Waals surface area contributed by atoms with Gasteiger partial charge in [-0.15, -0.1) is 0 Å². The Balaban J connectivity index is 2.35. The van der Waals surface area contributed by atoms with Crippen molar-refractivity contribution in [1.29, 1.82) is 0 Å². The molecule has 1 atom stereocenters. The zero-order valence-corrected chi connectivity index (χ0v) is 10.2. The van der Waals surface area contributed by atoms with Gasteiger partial charge in [0.2, 0.25) is 0 Å². The summed E-state index contributed by atoms with van der Waals surface area (Å²) in [6.07, 6.45) is 4.37. The fraction of sp³-hybridized carbons (Fsp3) is 0.750. The highest BCUT2D eigenvalue weighted by Gasteiger charge is 2.33. The standard InChI is InChI=1S/C12H21N3/c1-5-13-10-6-12(2,3)7-11-9(10)8-14-15(11)4/h8,10,13H,5-7H2,1-4H3. The van der Waals surface area contributed by atoms with Gasteiger partial charge in [0, 0.05) is 24.3 Å². The molecule has 1 aliphatic rings. The van der Waals surface area contributed by atoms with Gasteiger partial charge in [-0.05, 0) is 24.8 Å². The molecular formula is C12H21N3. The normalized spacial score (nSPS) is 23.9. The van der Waals surface area contributed by atoms with E-state index in [0.717, 1.165) is 13.0 Å². The number of hydrogen-bond donors (Lipinski definition) is 1. The smallest absolute Gasteiger partial charge is 0.0540 e. The third-order valence-electron chi connectivity index (χ3n) is 3.32. The van der Waals surface area contributed by atoms with Gasteiger partial charge in [0.15, 0.2) is 0 Å². The van der Waals surface area contributed by atoms with Crippen molar-refractivity contribution >= 4 is 0 Å². The van der Waals surface area contributed by atoms with Gasteiger partial charge in [-0.2, -0.15) is 5.10 Å². The third-order valence-corrected chi connectivity index (χ3v) is 3.32. The Bertz CT molecular complexity index is 352. The van der Waals surface area contributed by atoms with E-state index >= 15 is 0 Å². The first-order chi connectivity index (χ1) is 7.03. The van der Waals surface area contributed by atoms with Gasteiger partial charge in [-0.25, -0.2) is 0 Å². The first kappa shape index (κ1) is 10.7. The van der Waals surface area contributed by atoms with Crippen LogP contribution in [0.2, 0.25) is 0 Å². The Labute approximate surface area is 91.9 Å². The summed E-state index contributed by atoms with van der Waals surface area (Å²) in [5.41, 5.74) is 3.18. The van der Waals surface area contributed by atoms with E-state index in [2.05, 4.69) is 31.2 Å². The van der Waals surface area contributed by atoms with Crippen molar-refractivity contribution in [3.05, 3.63) is 17.5 Å². The predicted molar refractivity (Wildman–Crippen MR) is 61.7 cm³/mol. The van der Waals surface area contributed by atoms with Gasteiger partial charge in [-0.3, -0.25) is 4.68 Å². The second-order valence-corrected chi connectivity index (χ2v) is 5.33. The first-order valence-electron chi connectivity index (χ1n) is 5.77. The zero-order chi connectivity index (χ0) is 11.1. The average Bonchev–Trinajstić information content (AvgIpc) is 2.47. The molecule has 1 aromatic rings. The molecule has 1 aliphatic carbocycles. The maximum Gasteiger partial charge on any atom is 0.0540 e. The minimum absolute atomic E-state index is 0.383. The van der Waals surface area contributed by atoms with E-state index in [4.69, 9.17) is 0 Å². The summed E-state index contributed by atoms with van der Waals surface area (Å²) in [6, 6.07) is 0.488. The van der Waals surface area contributed by atoms with Gasteiger partial charge >= 0.3 is 0 Å². The molecule has 0 amide bonds. The van der Waals surface area contributed by atoms with Crippen LogP contribution in [0.3, 0.4) is 0 Å². The van der Waals surface area contributed by atoms with Gasteiger partial charge < -0.3 is 5.32 Å². The highest BCUT2D eigenvalue weighted by molar-refractivity contribution is 5.26. The second-order valence-electron chi connectivity index (χ2n) is 5.33. The highest BCUT2D eigenvalue weighted by Crippen LogP contribution is 2.40. The number of rotatable bonds is 2. The Kier molecular flexibility index (Phi) is 2.59. The Morgan fingerprint density at radius 3 is 3.00 bits per heavy atom. The summed E-state index contributed by atoms with van der Waals surface area (Å²) in [6.45, 7) is 7.87. The summed E-state index contributed by atoms with van der Waals surface area (Å²) in [7, 11) is 2.04. The van der Waals surface area contributed by atoms with Crippen molar-refractivity contribution in [3.8, 4) is 0 Å². The van der Waals surface area contributed by atoms with E-state index in [-0.39, 0.29) is 0 Å². The SMILES string of the molecule is CCNC1CC(C)(C)Cc2c1cnn2C. The fourth-order valence-electron chi connectivity index (χ4n) is 2.60. The maximum absolute atomic E-state index is 4.37. The van der Waals surface area contributed by atoms with Crippen LogP contribution in [0.25, 0.3) is 0 Å². The van der Waals surface area contributed by atoms with Gasteiger partial charge in [0.1, 0.15) is 0 Å². The monoisotopic (exact) mass is 207 g/mol. The van der Waals surface area contributed by atoms with Crippen molar-refractivity contribution < 1.29 is 0 Å². The summed E-state index contributed by atoms with van der Waals surface area (Å²) in [4.78, 5) is 0. The minimum atomic E-state index is 0.383. The molecule has 0 bridgehead atoms. The summed E-state index contributed by atoms with van der Waals surface area (Å²) in [5, 5.41) is 7.93. The quantitative estimate of drug-likeness (QED) is 0.804. The molecule has 2 rings (SSSR count). The molecule has 0 aromatic carbocycles. The van der Waals surface area contributed by atoms with E-state index in [1.54, 1.807) is 0 Å². The van der Waals surface area contributed by atoms with E-state index < -0.39 is 0 Å². The van der Waals surface area contributed by atoms with Crippen molar-refractivity contribution in [2.75, 3.05) is 6.54 Å². The highest BCUT2D eigenvalue weighted by atomic mass is 15.3. The first-order valence-corrected chi connectivity index (χ1v) is 5.77. The fourth-order valence-corrected chi connectivity index (χ4v) is 2.60. The van der Waals surface area contributed by atoms with Gasteiger partial charge in [-0.1, -0.05) is 20.8 Å². The Morgan fingerprint density at radius 1 is 1.60 bits per heavy atom. The molecule has 1 heterocycles. The van der Waals surface area contributed by atoms with E-state index in [0.29, 0.717) is 11.5 Å². The molecule has 0 aliphatic heterocycles. The summed E-state index contributed by atoms with van der Waals surface area (Å²) in [5.74, 6) is 0. The number of nitrogens with zero attached hydrogens (tertiary/aromatic N) is 2. The molecule has 0 saturated carbocycles. The van der Waals surface area contributed by atoms with Crippen molar-refractivity contribution in [1.82, 2.24) is 15.1 Å². The lowest BCUT2D eigenvalue weighted by atomic mass is 9.74. The molecule has 3 nitrogen and oxygen atoms in total. The van der Waals surface area contributed by atoms with Crippen molar-refractivity contribution in [3.63, 3.8) is 0 Å². The number of hydrogen-bond acceptors (Lipinski definition) is 2. The summed E-state index contributed by atoms with van der Waals surface area (Å²) < 4.78 is 2.03. The molecule has 1 N–H and O–H groups in total. The molecule has 1 aromatic heterocycles. The number of fused-ring (bicyclic) bond motifs is 1. The van der Waals surface area contributed by atoms with Crippen LogP contribution in [0.5, 0.6) is 0 Å². The van der Waals surface area contributed by atoms with Crippen LogP contribution in [0.15, 0.2) is 6.20 Å². The Hall–Kier alpha value is -0.830. The molecule has 0 saturated heterocycles. The van der Waals surface area contributed by atoms with Crippen molar-refractivity contribution in [2.45, 2.75) is 39.7 Å². The maximum atomic E-state index is 4.37. The third kappa shape index (κ3) is 1.93. The van der Waals surface area contributed by atoms with Crippen LogP contribution in [0.1, 0.15) is 44.5 Å². The van der Waals surface area contributed by atoms with E-state index in [1.807, 2.05) is 17.9 Å². The molecular weight excluding hydrogens is 186 g/mol. The van der Waals surface area contributed by atoms with Crippen LogP contribution in [0, 0.1) is 5.41 Å². The summed E-state index contributed by atoms with van der Waals surface area (Å²) >= 11 is 0. The Morgan fingerprint density at radius 2 is 2.33 bits per heavy atom. The average molecular weight is 207 g/mol. The number of aromatic nitrogens is 2. The largest absolute Gasteiger partial charge is 0.310 e. The van der Waals surface area contributed by atoms with Crippen LogP contribution in [-0.2, 0) is 13.5 Å². The van der Waals surface area contributed by atoms with E-state index in [1.165, 1.54) is 17.7 Å². The van der Waals surface area contributed by atoms with Crippen LogP contribution in [0.4, 0.5) is 0 Å². The van der Waals surface area contributed by atoms with Crippen LogP contribution >= 0.6 is 0 Å². The van der Waals surface area contributed by atoms with Gasteiger partial charge in [0.05, 0.1) is 6.20 Å².